The number of nitrogens with zero attached hydrogens (tertiary/aromatic N) is 3. The maximum absolute atomic E-state index is 8.35. The summed E-state index contributed by atoms with van der Waals surface area (Å²) < 4.78 is 6.73. The van der Waals surface area contributed by atoms with E-state index in [1.807, 2.05) is 6.07 Å². The Labute approximate surface area is 62.7 Å². The Hall–Kier alpha value is -1.76. The Kier molecular flexibility index (Phi) is 1.16. The van der Waals surface area contributed by atoms with Gasteiger partial charge in [0.05, 0.1) is 18.2 Å². The maximum Gasteiger partial charge on any atom is 0.305 e. The molecule has 0 unspecified atom stereocenters. The van der Waals surface area contributed by atoms with Crippen LogP contribution in [0.5, 0.6) is 0 Å². The Morgan fingerprint density at radius 2 is 2.64 bits per heavy atom. The molecule has 2 aromatic heterocycles. The first kappa shape index (κ1) is 5.98. The van der Waals surface area contributed by atoms with Gasteiger partial charge in [0.2, 0.25) is 0 Å². The summed E-state index contributed by atoms with van der Waals surface area (Å²) in [4.78, 5) is 4.04. The normalized spacial score (nSPS) is 10.1. The summed E-state index contributed by atoms with van der Waals surface area (Å²) in [6, 6.07) is 2.02. The fourth-order valence-electron chi connectivity index (χ4n) is 0.942. The van der Waals surface area contributed by atoms with Gasteiger partial charge >= 0.3 is 5.84 Å². The molecule has 0 saturated carbocycles. The van der Waals surface area contributed by atoms with Gasteiger partial charge in [-0.1, -0.05) is 0 Å². The molecule has 2 aromatic rings. The summed E-state index contributed by atoms with van der Waals surface area (Å²) in [6.07, 6.45) is 5.42. The molecular weight excluding hydrogens is 142 g/mol. The van der Waals surface area contributed by atoms with Crippen molar-refractivity contribution >= 4 is 5.84 Å². The molecule has 0 aliphatic rings. The predicted molar refractivity (Wildman–Crippen MR) is 36.8 cm³/mol. The van der Waals surface area contributed by atoms with Gasteiger partial charge in [-0.2, -0.15) is 10.2 Å². The second kappa shape index (κ2) is 2.13. The molecule has 0 atom stereocenters. The van der Waals surface area contributed by atoms with Crippen LogP contribution in [0.25, 0.3) is 5.84 Å². The van der Waals surface area contributed by atoms with Crippen LogP contribution in [0.1, 0.15) is 5.69 Å². The highest BCUT2D eigenvalue weighted by Crippen LogP contribution is 2.05. The molecular formula is C7H5N3O. The molecule has 0 fully saturated rings. The standard InChI is InChI=1S/C7H5N3O/c8-2-1-6-5-10-3-4-11-7(10)9-6/h3-5H,1H2. The second-order valence-electron chi connectivity index (χ2n) is 2.16. The van der Waals surface area contributed by atoms with Crippen molar-refractivity contribution in [2.24, 2.45) is 0 Å². The lowest BCUT2D eigenvalue weighted by molar-refractivity contribution is 0.595. The average Bonchev–Trinajstić information content (AvgIpc) is 2.46. The van der Waals surface area contributed by atoms with Crippen LogP contribution in [0.2, 0.25) is 0 Å². The van der Waals surface area contributed by atoms with Gasteiger partial charge in [0.1, 0.15) is 6.26 Å². The van der Waals surface area contributed by atoms with Crippen molar-refractivity contribution in [1.29, 1.82) is 5.26 Å². The van der Waals surface area contributed by atoms with E-state index in [9.17, 15) is 0 Å². The van der Waals surface area contributed by atoms with Crippen molar-refractivity contribution in [2.75, 3.05) is 0 Å². The molecule has 0 aliphatic carbocycles. The Morgan fingerprint density at radius 1 is 1.73 bits per heavy atom. The molecule has 0 bridgehead atoms. The van der Waals surface area contributed by atoms with Crippen molar-refractivity contribution in [1.82, 2.24) is 9.38 Å². The van der Waals surface area contributed by atoms with Crippen molar-refractivity contribution in [3.05, 3.63) is 24.4 Å². The third-order valence-corrected chi connectivity index (χ3v) is 1.40. The molecule has 0 aromatic carbocycles. The fourth-order valence-corrected chi connectivity index (χ4v) is 0.942. The minimum Gasteiger partial charge on any atom is -0.432 e. The molecule has 0 N–H and O–H groups in total. The lowest BCUT2D eigenvalue weighted by Gasteiger charge is -1.76. The summed E-state index contributed by atoms with van der Waals surface area (Å²) in [5, 5.41) is 8.35. The zero-order valence-corrected chi connectivity index (χ0v) is 5.69. The molecule has 0 spiro atoms. The molecule has 2 heterocycles. The second-order valence-corrected chi connectivity index (χ2v) is 2.16. The largest absolute Gasteiger partial charge is 0.432 e. The number of nitriles is 1. The number of imidazole rings is 1. The first-order valence-corrected chi connectivity index (χ1v) is 3.18. The number of aromatic nitrogens is 2. The van der Waals surface area contributed by atoms with E-state index >= 15 is 0 Å². The van der Waals surface area contributed by atoms with Gasteiger partial charge in [-0.05, 0) is 0 Å². The number of hydrogen-bond acceptors (Lipinski definition) is 3. The third-order valence-electron chi connectivity index (χ3n) is 1.40. The molecule has 0 amide bonds. The third kappa shape index (κ3) is 0.867. The van der Waals surface area contributed by atoms with E-state index in [0.29, 0.717) is 12.3 Å². The first-order chi connectivity index (χ1) is 5.40. The zero-order chi connectivity index (χ0) is 7.68. The summed E-state index contributed by atoms with van der Waals surface area (Å²) in [6.45, 7) is 0. The van der Waals surface area contributed by atoms with E-state index < -0.39 is 0 Å². The van der Waals surface area contributed by atoms with Gasteiger partial charge in [-0.25, -0.2) is 0 Å². The van der Waals surface area contributed by atoms with Crippen LogP contribution in [0, 0.1) is 11.3 Å². The molecule has 4 nitrogen and oxygen atoms in total. The monoisotopic (exact) mass is 147 g/mol. The molecule has 4 heteroatoms. The van der Waals surface area contributed by atoms with Crippen LogP contribution in [0.15, 0.2) is 23.1 Å². The van der Waals surface area contributed by atoms with Gasteiger partial charge in [-0.3, -0.25) is 4.40 Å². The number of hydrogen-bond donors (Lipinski definition) is 0. The van der Waals surface area contributed by atoms with E-state index in [0.717, 1.165) is 5.69 Å². The van der Waals surface area contributed by atoms with E-state index in [1.165, 1.54) is 0 Å². The van der Waals surface area contributed by atoms with Crippen molar-refractivity contribution in [3.8, 4) is 6.07 Å². The van der Waals surface area contributed by atoms with Crippen LogP contribution in [-0.4, -0.2) is 9.38 Å². The molecule has 0 aliphatic heterocycles. The molecule has 0 saturated heterocycles. The summed E-state index contributed by atoms with van der Waals surface area (Å²) >= 11 is 0. The lowest BCUT2D eigenvalue weighted by atomic mass is 10.4. The van der Waals surface area contributed by atoms with Gasteiger partial charge < -0.3 is 4.42 Å². The van der Waals surface area contributed by atoms with Gasteiger partial charge in [-0.15, -0.1) is 0 Å². The highest BCUT2D eigenvalue weighted by molar-refractivity contribution is 5.26. The average molecular weight is 147 g/mol. The Morgan fingerprint density at radius 3 is 3.36 bits per heavy atom. The molecule has 11 heavy (non-hydrogen) atoms. The minimum absolute atomic E-state index is 0.331. The SMILES string of the molecule is N#CCc1cn2ccoc2n1. The van der Waals surface area contributed by atoms with Crippen LogP contribution < -0.4 is 0 Å². The van der Waals surface area contributed by atoms with Crippen molar-refractivity contribution in [2.45, 2.75) is 6.42 Å². The van der Waals surface area contributed by atoms with E-state index in [-0.39, 0.29) is 0 Å². The van der Waals surface area contributed by atoms with Gasteiger partial charge in [0, 0.05) is 12.4 Å². The van der Waals surface area contributed by atoms with Crippen molar-refractivity contribution in [3.63, 3.8) is 0 Å². The fraction of sp³-hybridized carbons (Fsp3) is 0.143. The lowest BCUT2D eigenvalue weighted by Crippen LogP contribution is -1.78. The quantitative estimate of drug-likeness (QED) is 0.604. The number of fused-ring (bicyclic) bond motifs is 1. The van der Waals surface area contributed by atoms with Crippen LogP contribution in [-0.2, 0) is 6.42 Å². The summed E-state index contributed by atoms with van der Waals surface area (Å²) in [5.74, 6) is 0.537. The van der Waals surface area contributed by atoms with E-state index in [4.69, 9.17) is 9.68 Å². The molecule has 0 radical (unpaired) electrons. The van der Waals surface area contributed by atoms with E-state index in [2.05, 4.69) is 4.98 Å². The number of rotatable bonds is 1. The highest BCUT2D eigenvalue weighted by Gasteiger charge is 2.01. The molecule has 2 rings (SSSR count). The van der Waals surface area contributed by atoms with Gasteiger partial charge in [0.15, 0.2) is 0 Å². The van der Waals surface area contributed by atoms with Crippen LogP contribution in [0.4, 0.5) is 0 Å². The van der Waals surface area contributed by atoms with Crippen LogP contribution >= 0.6 is 0 Å². The predicted octanol–water partition coefficient (Wildman–Crippen LogP) is 0.993. The summed E-state index contributed by atoms with van der Waals surface area (Å²) in [5.41, 5.74) is 0.742. The highest BCUT2D eigenvalue weighted by atomic mass is 16.3. The smallest absolute Gasteiger partial charge is 0.305 e. The topological polar surface area (TPSA) is 54.2 Å². The first-order valence-electron chi connectivity index (χ1n) is 3.18. The number of oxazole rings is 1. The van der Waals surface area contributed by atoms with Gasteiger partial charge in [0.25, 0.3) is 0 Å². The Bertz CT molecular complexity index is 378. The van der Waals surface area contributed by atoms with E-state index in [1.54, 1.807) is 23.1 Å². The van der Waals surface area contributed by atoms with Crippen LogP contribution in [0.3, 0.4) is 0 Å². The Balaban J connectivity index is 2.52. The maximum atomic E-state index is 8.35. The minimum atomic E-state index is 0.331. The zero-order valence-electron chi connectivity index (χ0n) is 5.69. The van der Waals surface area contributed by atoms with Crippen molar-refractivity contribution < 1.29 is 4.42 Å². The summed E-state index contributed by atoms with van der Waals surface area (Å²) in [7, 11) is 0. The molecule has 54 valence electrons.